The van der Waals surface area contributed by atoms with E-state index in [9.17, 15) is 4.79 Å². The molecule has 0 radical (unpaired) electrons. The Morgan fingerprint density at radius 3 is 2.53 bits per heavy atom. The molecule has 5 rings (SSSR count). The zero-order valence-corrected chi connectivity index (χ0v) is 18.9. The minimum Gasteiger partial charge on any atom is -0.378 e. The number of piperazine rings is 1. The average molecular weight is 450 g/mol. The topological polar surface area (TPSA) is 61.8 Å². The van der Waals surface area contributed by atoms with Gasteiger partial charge in [0.05, 0.1) is 23.4 Å². The number of amides is 1. The fraction of sp³-hybridized carbons (Fsp3) is 0.375. The Balaban J connectivity index is 1.43. The first-order valence-corrected chi connectivity index (χ1v) is 11.8. The van der Waals surface area contributed by atoms with Crippen LogP contribution in [0.1, 0.15) is 4.88 Å². The summed E-state index contributed by atoms with van der Waals surface area (Å²) < 4.78 is 6.71. The van der Waals surface area contributed by atoms with Crippen LogP contribution >= 0.6 is 11.3 Å². The number of hydrogen-bond donors (Lipinski definition) is 0. The van der Waals surface area contributed by atoms with E-state index in [4.69, 9.17) is 14.7 Å². The van der Waals surface area contributed by atoms with E-state index in [1.54, 1.807) is 11.3 Å². The van der Waals surface area contributed by atoms with E-state index in [-0.39, 0.29) is 5.91 Å². The summed E-state index contributed by atoms with van der Waals surface area (Å²) in [5, 5.41) is 0. The monoisotopic (exact) mass is 449 g/mol. The van der Waals surface area contributed by atoms with Crippen LogP contribution in [0.25, 0.3) is 21.6 Å². The Morgan fingerprint density at radius 2 is 1.81 bits per heavy atom. The first-order valence-electron chi connectivity index (χ1n) is 11.0. The van der Waals surface area contributed by atoms with Crippen LogP contribution in [-0.2, 0) is 16.1 Å². The first kappa shape index (κ1) is 21.1. The molecular formula is C24H27N5O2S. The van der Waals surface area contributed by atoms with Crippen molar-refractivity contribution in [1.29, 1.82) is 0 Å². The van der Waals surface area contributed by atoms with Gasteiger partial charge in [0.2, 0.25) is 5.91 Å². The molecule has 1 amide bonds. The molecule has 0 saturated carbocycles. The molecule has 0 atom stereocenters. The second kappa shape index (κ2) is 9.36. The van der Waals surface area contributed by atoms with Crippen LogP contribution in [0.4, 0.5) is 5.82 Å². The van der Waals surface area contributed by atoms with Crippen molar-refractivity contribution in [2.24, 2.45) is 0 Å². The molecule has 3 aromatic rings. The van der Waals surface area contributed by atoms with E-state index in [1.807, 2.05) is 23.1 Å². The highest BCUT2D eigenvalue weighted by atomic mass is 32.1. The van der Waals surface area contributed by atoms with Crippen molar-refractivity contribution >= 4 is 33.3 Å². The summed E-state index contributed by atoms with van der Waals surface area (Å²) in [5.74, 6) is 1.79. The van der Waals surface area contributed by atoms with Gasteiger partial charge in [0.1, 0.15) is 0 Å². The highest BCUT2D eigenvalue weighted by Gasteiger charge is 2.23. The number of benzene rings is 1. The van der Waals surface area contributed by atoms with E-state index >= 15 is 0 Å². The predicted molar refractivity (Wildman–Crippen MR) is 128 cm³/mol. The number of nitrogens with zero attached hydrogens (tertiary/aromatic N) is 5. The maximum absolute atomic E-state index is 11.8. The molecule has 8 heteroatoms. The summed E-state index contributed by atoms with van der Waals surface area (Å²) in [5.41, 5.74) is 2.03. The van der Waals surface area contributed by atoms with Crippen LogP contribution in [0.3, 0.4) is 0 Å². The van der Waals surface area contributed by atoms with Crippen molar-refractivity contribution in [1.82, 2.24) is 19.8 Å². The lowest BCUT2D eigenvalue weighted by Crippen LogP contribution is -2.47. The van der Waals surface area contributed by atoms with E-state index in [2.05, 4.69) is 34.6 Å². The van der Waals surface area contributed by atoms with Crippen LogP contribution in [0, 0.1) is 0 Å². The number of thiophene rings is 1. The molecular weight excluding hydrogens is 422 g/mol. The second-order valence-electron chi connectivity index (χ2n) is 8.07. The second-order valence-corrected chi connectivity index (χ2v) is 9.21. The van der Waals surface area contributed by atoms with Gasteiger partial charge in [0.25, 0.3) is 0 Å². The first-order chi connectivity index (χ1) is 15.7. The molecule has 0 spiro atoms. The molecule has 7 nitrogen and oxygen atoms in total. The molecule has 2 aromatic heterocycles. The van der Waals surface area contributed by atoms with E-state index in [0.717, 1.165) is 86.4 Å². The van der Waals surface area contributed by atoms with Crippen molar-refractivity contribution in [3.8, 4) is 11.4 Å². The standard InChI is InChI=1S/C24H27N5O2S/c1-2-21(30)28-10-8-27(9-11-28)17-19-16-20-22(32-19)24(29-12-14-31-15-13-29)26-23(25-20)18-6-4-3-5-7-18/h2-7,16H,1,8-15,17H2. The maximum Gasteiger partial charge on any atom is 0.246 e. The molecule has 2 aliphatic heterocycles. The molecule has 4 heterocycles. The zero-order valence-electron chi connectivity index (χ0n) is 18.1. The van der Waals surface area contributed by atoms with Crippen molar-refractivity contribution in [3.05, 3.63) is 53.9 Å². The van der Waals surface area contributed by atoms with Gasteiger partial charge >= 0.3 is 0 Å². The van der Waals surface area contributed by atoms with Gasteiger partial charge in [-0.15, -0.1) is 11.3 Å². The van der Waals surface area contributed by atoms with Crippen molar-refractivity contribution in [2.45, 2.75) is 6.54 Å². The van der Waals surface area contributed by atoms with Crippen LogP contribution in [0.2, 0.25) is 0 Å². The SMILES string of the molecule is C=CC(=O)N1CCN(Cc2cc3nc(-c4ccccc4)nc(N4CCOCC4)c3s2)CC1. The summed E-state index contributed by atoms with van der Waals surface area (Å²) in [7, 11) is 0. The fourth-order valence-corrected chi connectivity index (χ4v) is 5.38. The minimum absolute atomic E-state index is 0.0189. The summed E-state index contributed by atoms with van der Waals surface area (Å²) in [6, 6.07) is 12.4. The molecule has 0 unspecified atom stereocenters. The molecule has 1 aromatic carbocycles. The number of carbonyl (C=O) groups excluding carboxylic acids is 1. The predicted octanol–water partition coefficient (Wildman–Crippen LogP) is 3.03. The maximum atomic E-state index is 11.8. The van der Waals surface area contributed by atoms with Crippen molar-refractivity contribution in [2.75, 3.05) is 57.4 Å². The number of ether oxygens (including phenoxy) is 1. The molecule has 2 fully saturated rings. The average Bonchev–Trinajstić information content (AvgIpc) is 3.26. The van der Waals surface area contributed by atoms with Gasteiger partial charge in [0, 0.05) is 56.3 Å². The van der Waals surface area contributed by atoms with Gasteiger partial charge in [-0.2, -0.15) is 0 Å². The van der Waals surface area contributed by atoms with Crippen LogP contribution in [-0.4, -0.2) is 78.2 Å². The highest BCUT2D eigenvalue weighted by Crippen LogP contribution is 2.35. The molecule has 2 saturated heterocycles. The van der Waals surface area contributed by atoms with Crippen LogP contribution in [0.15, 0.2) is 49.1 Å². The van der Waals surface area contributed by atoms with E-state index in [1.165, 1.54) is 11.0 Å². The van der Waals surface area contributed by atoms with Crippen LogP contribution < -0.4 is 4.90 Å². The van der Waals surface area contributed by atoms with Gasteiger partial charge in [0.15, 0.2) is 11.6 Å². The molecule has 32 heavy (non-hydrogen) atoms. The largest absolute Gasteiger partial charge is 0.378 e. The normalized spacial score (nSPS) is 17.6. The van der Waals surface area contributed by atoms with E-state index < -0.39 is 0 Å². The third-order valence-corrected chi connectivity index (χ3v) is 7.09. The highest BCUT2D eigenvalue weighted by molar-refractivity contribution is 7.19. The number of aromatic nitrogens is 2. The van der Waals surface area contributed by atoms with Crippen molar-refractivity contribution in [3.63, 3.8) is 0 Å². The Kier molecular flexibility index (Phi) is 6.16. The van der Waals surface area contributed by atoms with E-state index in [0.29, 0.717) is 0 Å². The van der Waals surface area contributed by atoms with Gasteiger partial charge in [-0.05, 0) is 12.1 Å². The lowest BCUT2D eigenvalue weighted by molar-refractivity contribution is -0.127. The van der Waals surface area contributed by atoms with Gasteiger partial charge in [-0.1, -0.05) is 36.9 Å². The number of carbonyl (C=O) groups is 1. The van der Waals surface area contributed by atoms with Gasteiger partial charge in [-0.3, -0.25) is 9.69 Å². The van der Waals surface area contributed by atoms with Gasteiger partial charge < -0.3 is 14.5 Å². The molecule has 166 valence electrons. The number of fused-ring (bicyclic) bond motifs is 1. The summed E-state index contributed by atoms with van der Waals surface area (Å²) in [6.45, 7) is 10.8. The lowest BCUT2D eigenvalue weighted by atomic mass is 10.2. The number of hydrogen-bond acceptors (Lipinski definition) is 7. The summed E-state index contributed by atoms with van der Waals surface area (Å²) >= 11 is 1.78. The smallest absolute Gasteiger partial charge is 0.246 e. The zero-order chi connectivity index (χ0) is 21.9. The minimum atomic E-state index is 0.0189. The molecule has 0 N–H and O–H groups in total. The number of rotatable bonds is 5. The molecule has 0 bridgehead atoms. The summed E-state index contributed by atoms with van der Waals surface area (Å²) in [6.07, 6.45) is 1.40. The third kappa shape index (κ3) is 4.39. The van der Waals surface area contributed by atoms with Crippen molar-refractivity contribution < 1.29 is 9.53 Å². The number of morpholine rings is 1. The fourth-order valence-electron chi connectivity index (χ4n) is 4.22. The molecule has 2 aliphatic rings. The van der Waals surface area contributed by atoms with Gasteiger partial charge in [-0.25, -0.2) is 9.97 Å². The Morgan fingerprint density at radius 1 is 1.06 bits per heavy atom. The van der Waals surface area contributed by atoms with Crippen LogP contribution in [0.5, 0.6) is 0 Å². The quantitative estimate of drug-likeness (QED) is 0.558. The Labute approximate surface area is 191 Å². The Bertz CT molecular complexity index is 1100. The third-order valence-electron chi connectivity index (χ3n) is 5.99. The number of anilines is 1. The Hall–Kier alpha value is -2.81. The lowest BCUT2D eigenvalue weighted by Gasteiger charge is -2.33. The summed E-state index contributed by atoms with van der Waals surface area (Å²) in [4.78, 5) is 29.6. The molecule has 0 aliphatic carbocycles.